The highest BCUT2D eigenvalue weighted by atomic mass is 32.1. The number of hydrogen-bond donors (Lipinski definition) is 3. The first-order chi connectivity index (χ1) is 7.28. The van der Waals surface area contributed by atoms with E-state index in [1.165, 1.54) is 12.8 Å². The predicted molar refractivity (Wildman–Crippen MR) is 61.5 cm³/mol. The number of aliphatic imine (C=N–C) groups is 1. The van der Waals surface area contributed by atoms with Crippen molar-refractivity contribution in [3.8, 4) is 0 Å². The van der Waals surface area contributed by atoms with Crippen molar-refractivity contribution in [3.63, 3.8) is 0 Å². The Morgan fingerprint density at radius 2 is 2.53 bits per heavy atom. The molecule has 1 heterocycles. The standard InChI is InChI=1S/C9H15N5S/c1-6-5-15-8(12-6)4-11-9(14-10)13-7-2-3-7/h5,7H,2-4,10H2,1H3,(H2,11,13,14). The number of thiazole rings is 1. The van der Waals surface area contributed by atoms with Gasteiger partial charge in [0.05, 0.1) is 6.54 Å². The van der Waals surface area contributed by atoms with Crippen LogP contribution in [0.3, 0.4) is 0 Å². The molecule has 82 valence electrons. The zero-order valence-electron chi connectivity index (χ0n) is 8.66. The summed E-state index contributed by atoms with van der Waals surface area (Å²) in [7, 11) is 0. The molecule has 1 aliphatic carbocycles. The van der Waals surface area contributed by atoms with E-state index >= 15 is 0 Å². The lowest BCUT2D eigenvalue weighted by molar-refractivity contribution is 0.819. The first-order valence-corrected chi connectivity index (χ1v) is 5.84. The Hall–Kier alpha value is -1.14. The lowest BCUT2D eigenvalue weighted by Crippen LogP contribution is -2.42. The van der Waals surface area contributed by atoms with Gasteiger partial charge >= 0.3 is 0 Å². The van der Waals surface area contributed by atoms with Gasteiger partial charge in [0.25, 0.3) is 0 Å². The summed E-state index contributed by atoms with van der Waals surface area (Å²) >= 11 is 1.62. The molecule has 0 bridgehead atoms. The summed E-state index contributed by atoms with van der Waals surface area (Å²) in [6.07, 6.45) is 2.41. The summed E-state index contributed by atoms with van der Waals surface area (Å²) < 4.78 is 0. The van der Waals surface area contributed by atoms with Gasteiger partial charge in [0.2, 0.25) is 5.96 Å². The van der Waals surface area contributed by atoms with E-state index in [-0.39, 0.29) is 0 Å². The zero-order valence-corrected chi connectivity index (χ0v) is 9.47. The van der Waals surface area contributed by atoms with E-state index in [2.05, 4.69) is 20.7 Å². The number of nitrogens with zero attached hydrogens (tertiary/aromatic N) is 2. The minimum atomic E-state index is 0.554. The minimum absolute atomic E-state index is 0.554. The van der Waals surface area contributed by atoms with Gasteiger partial charge in [0.15, 0.2) is 0 Å². The maximum atomic E-state index is 5.36. The van der Waals surface area contributed by atoms with Crippen LogP contribution in [-0.2, 0) is 6.54 Å². The third-order valence-corrected chi connectivity index (χ3v) is 3.05. The molecule has 1 fully saturated rings. The number of aromatic nitrogens is 1. The fourth-order valence-corrected chi connectivity index (χ4v) is 1.87. The summed E-state index contributed by atoms with van der Waals surface area (Å²) in [5.74, 6) is 6.02. The van der Waals surface area contributed by atoms with Crippen LogP contribution in [0.5, 0.6) is 0 Å². The molecule has 4 N–H and O–H groups in total. The molecule has 1 aromatic heterocycles. The molecule has 0 aliphatic heterocycles. The molecular formula is C9H15N5S. The maximum Gasteiger partial charge on any atom is 0.206 e. The van der Waals surface area contributed by atoms with Crippen LogP contribution in [-0.4, -0.2) is 17.0 Å². The van der Waals surface area contributed by atoms with Crippen LogP contribution >= 0.6 is 11.3 Å². The van der Waals surface area contributed by atoms with Gasteiger partial charge in [-0.1, -0.05) is 0 Å². The topological polar surface area (TPSA) is 75.3 Å². The van der Waals surface area contributed by atoms with E-state index in [9.17, 15) is 0 Å². The van der Waals surface area contributed by atoms with Crippen molar-refractivity contribution in [1.29, 1.82) is 0 Å². The van der Waals surface area contributed by atoms with Gasteiger partial charge in [0.1, 0.15) is 5.01 Å². The molecule has 2 rings (SSSR count). The first kappa shape index (κ1) is 10.4. The average Bonchev–Trinajstić information content (AvgIpc) is 2.95. The fourth-order valence-electron chi connectivity index (χ4n) is 1.18. The Kier molecular flexibility index (Phi) is 3.17. The second-order valence-electron chi connectivity index (χ2n) is 3.61. The number of aryl methyl sites for hydroxylation is 1. The summed E-state index contributed by atoms with van der Waals surface area (Å²) in [6, 6.07) is 0.554. The Morgan fingerprint density at radius 1 is 1.73 bits per heavy atom. The molecule has 1 saturated carbocycles. The second-order valence-corrected chi connectivity index (χ2v) is 4.55. The van der Waals surface area contributed by atoms with E-state index in [0.29, 0.717) is 18.5 Å². The molecule has 0 aromatic carbocycles. The molecular weight excluding hydrogens is 210 g/mol. The number of guanidine groups is 1. The van der Waals surface area contributed by atoms with E-state index in [1.54, 1.807) is 11.3 Å². The van der Waals surface area contributed by atoms with Gasteiger partial charge in [-0.2, -0.15) is 0 Å². The van der Waals surface area contributed by atoms with E-state index in [0.717, 1.165) is 10.7 Å². The Labute approximate surface area is 92.8 Å². The van der Waals surface area contributed by atoms with Crippen LogP contribution in [0.4, 0.5) is 0 Å². The van der Waals surface area contributed by atoms with Gasteiger partial charge in [-0.25, -0.2) is 15.8 Å². The zero-order chi connectivity index (χ0) is 10.7. The third-order valence-electron chi connectivity index (χ3n) is 2.09. The fraction of sp³-hybridized carbons (Fsp3) is 0.556. The second kappa shape index (κ2) is 4.59. The lowest BCUT2D eigenvalue weighted by Gasteiger charge is -2.06. The first-order valence-electron chi connectivity index (χ1n) is 4.96. The van der Waals surface area contributed by atoms with Gasteiger partial charge in [-0.15, -0.1) is 11.3 Å². The molecule has 1 aromatic rings. The van der Waals surface area contributed by atoms with Crippen LogP contribution in [0.1, 0.15) is 23.5 Å². The number of nitrogens with one attached hydrogen (secondary N) is 2. The Balaban J connectivity index is 1.89. The molecule has 5 nitrogen and oxygen atoms in total. The lowest BCUT2D eigenvalue weighted by atomic mass is 10.6. The normalized spacial score (nSPS) is 16.5. The number of nitrogens with two attached hydrogens (primary N) is 1. The number of hydrogen-bond acceptors (Lipinski definition) is 4. The van der Waals surface area contributed by atoms with Gasteiger partial charge in [-0.05, 0) is 19.8 Å². The Bertz CT molecular complexity index is 355. The molecule has 15 heavy (non-hydrogen) atoms. The van der Waals surface area contributed by atoms with Crippen molar-refractivity contribution in [2.45, 2.75) is 32.4 Å². The van der Waals surface area contributed by atoms with Crippen LogP contribution < -0.4 is 16.6 Å². The molecule has 1 aliphatic rings. The molecule has 0 saturated heterocycles. The highest BCUT2D eigenvalue weighted by Gasteiger charge is 2.21. The van der Waals surface area contributed by atoms with Crippen LogP contribution in [0.2, 0.25) is 0 Å². The minimum Gasteiger partial charge on any atom is -0.353 e. The average molecular weight is 225 g/mol. The summed E-state index contributed by atoms with van der Waals surface area (Å²) in [5.41, 5.74) is 3.61. The predicted octanol–water partition coefficient (Wildman–Crippen LogP) is 0.523. The number of hydrazine groups is 1. The summed E-state index contributed by atoms with van der Waals surface area (Å²) in [5, 5.41) is 6.24. The van der Waals surface area contributed by atoms with Crippen LogP contribution in [0, 0.1) is 6.92 Å². The van der Waals surface area contributed by atoms with Crippen LogP contribution in [0.15, 0.2) is 10.4 Å². The van der Waals surface area contributed by atoms with Crippen molar-refractivity contribution in [2.75, 3.05) is 0 Å². The van der Waals surface area contributed by atoms with Gasteiger partial charge in [0, 0.05) is 17.1 Å². The maximum absolute atomic E-state index is 5.36. The SMILES string of the molecule is Cc1csc(CN=C(NN)NC2CC2)n1. The quantitative estimate of drug-likeness (QED) is 0.303. The molecule has 0 amide bonds. The molecule has 0 atom stereocenters. The monoisotopic (exact) mass is 225 g/mol. The Morgan fingerprint density at radius 3 is 3.07 bits per heavy atom. The smallest absolute Gasteiger partial charge is 0.206 e. The van der Waals surface area contributed by atoms with E-state index < -0.39 is 0 Å². The summed E-state index contributed by atoms with van der Waals surface area (Å²) in [6.45, 7) is 2.56. The van der Waals surface area contributed by atoms with E-state index in [1.807, 2.05) is 12.3 Å². The van der Waals surface area contributed by atoms with Gasteiger partial charge < -0.3 is 5.32 Å². The molecule has 0 unspecified atom stereocenters. The molecule has 0 spiro atoms. The van der Waals surface area contributed by atoms with Crippen molar-refractivity contribution < 1.29 is 0 Å². The van der Waals surface area contributed by atoms with E-state index in [4.69, 9.17) is 5.84 Å². The number of rotatable bonds is 3. The van der Waals surface area contributed by atoms with Gasteiger partial charge in [-0.3, -0.25) is 5.43 Å². The van der Waals surface area contributed by atoms with Crippen molar-refractivity contribution >= 4 is 17.3 Å². The highest BCUT2D eigenvalue weighted by Crippen LogP contribution is 2.18. The molecule has 6 heteroatoms. The van der Waals surface area contributed by atoms with Crippen molar-refractivity contribution in [3.05, 3.63) is 16.1 Å². The largest absolute Gasteiger partial charge is 0.353 e. The summed E-state index contributed by atoms with van der Waals surface area (Å²) in [4.78, 5) is 8.65. The van der Waals surface area contributed by atoms with Crippen LogP contribution in [0.25, 0.3) is 0 Å². The highest BCUT2D eigenvalue weighted by molar-refractivity contribution is 7.09. The third kappa shape index (κ3) is 3.17. The molecule has 0 radical (unpaired) electrons. The van der Waals surface area contributed by atoms with Crippen molar-refractivity contribution in [2.24, 2.45) is 10.8 Å². The van der Waals surface area contributed by atoms with Crippen molar-refractivity contribution in [1.82, 2.24) is 15.7 Å².